The highest BCUT2D eigenvalue weighted by molar-refractivity contribution is 8.15. The Morgan fingerprint density at radius 3 is 2.00 bits per heavy atom. The molecule has 0 heterocycles. The van der Waals surface area contributed by atoms with Crippen LogP contribution in [0.2, 0.25) is 0 Å². The Labute approximate surface area is 89.0 Å². The van der Waals surface area contributed by atoms with Crippen molar-refractivity contribution in [2.45, 2.75) is 30.9 Å². The molecule has 1 saturated carbocycles. The minimum atomic E-state index is -3.61. The van der Waals surface area contributed by atoms with Crippen molar-refractivity contribution in [3.8, 4) is 0 Å². The largest absolute Gasteiger partial charge is 0.238 e. The number of hydrogen-bond acceptors (Lipinski definition) is 4. The molecule has 14 heavy (non-hydrogen) atoms. The summed E-state index contributed by atoms with van der Waals surface area (Å²) in [5.74, 6) is -0.0408. The van der Waals surface area contributed by atoms with Gasteiger partial charge >= 0.3 is 0 Å². The molecule has 0 bridgehead atoms. The van der Waals surface area contributed by atoms with Crippen molar-refractivity contribution in [1.29, 1.82) is 0 Å². The van der Waals surface area contributed by atoms with Gasteiger partial charge in [0, 0.05) is 16.4 Å². The molecule has 1 rings (SSSR count). The van der Waals surface area contributed by atoms with Gasteiger partial charge in [-0.15, -0.1) is 0 Å². The van der Waals surface area contributed by atoms with E-state index in [2.05, 4.69) is 0 Å². The zero-order chi connectivity index (χ0) is 11.0. The summed E-state index contributed by atoms with van der Waals surface area (Å²) in [5, 5.41) is 0. The van der Waals surface area contributed by atoms with Crippen molar-refractivity contribution < 1.29 is 16.8 Å². The SMILES string of the molecule is CCS(=O)(=O)CCC1(S(=O)(=O)Cl)CC1. The van der Waals surface area contributed by atoms with Crippen LogP contribution in [0.25, 0.3) is 0 Å². The molecule has 0 aromatic rings. The minimum Gasteiger partial charge on any atom is -0.229 e. The Hall–Kier alpha value is 0.190. The quantitative estimate of drug-likeness (QED) is 0.689. The van der Waals surface area contributed by atoms with Crippen molar-refractivity contribution in [2.75, 3.05) is 11.5 Å². The maximum Gasteiger partial charge on any atom is 0.238 e. The van der Waals surface area contributed by atoms with Gasteiger partial charge in [0.15, 0.2) is 0 Å². The first kappa shape index (κ1) is 12.3. The summed E-state index contributed by atoms with van der Waals surface area (Å²) in [5.41, 5.74) is 0. The van der Waals surface area contributed by atoms with E-state index in [0.29, 0.717) is 12.8 Å². The van der Waals surface area contributed by atoms with Gasteiger partial charge in [-0.3, -0.25) is 0 Å². The molecule has 1 fully saturated rings. The summed E-state index contributed by atoms with van der Waals surface area (Å²) >= 11 is 0. The first-order valence-corrected chi connectivity index (χ1v) is 8.50. The van der Waals surface area contributed by atoms with Crippen molar-refractivity contribution in [2.24, 2.45) is 0 Å². The highest BCUT2D eigenvalue weighted by Gasteiger charge is 2.53. The van der Waals surface area contributed by atoms with Crippen LogP contribution in [0.4, 0.5) is 0 Å². The lowest BCUT2D eigenvalue weighted by Crippen LogP contribution is -2.23. The number of rotatable bonds is 5. The van der Waals surface area contributed by atoms with Crippen LogP contribution in [-0.2, 0) is 18.9 Å². The second-order valence-corrected chi connectivity index (χ2v) is 9.04. The Kier molecular flexibility index (Phi) is 3.19. The lowest BCUT2D eigenvalue weighted by molar-refractivity contribution is 0.580. The lowest BCUT2D eigenvalue weighted by Gasteiger charge is -2.10. The molecule has 0 atom stereocenters. The summed E-state index contributed by atoms with van der Waals surface area (Å²) < 4.78 is 43.6. The van der Waals surface area contributed by atoms with Crippen molar-refractivity contribution in [1.82, 2.24) is 0 Å². The van der Waals surface area contributed by atoms with Crippen LogP contribution in [0, 0.1) is 0 Å². The third-order valence-electron chi connectivity index (χ3n) is 2.63. The molecule has 7 heteroatoms. The second-order valence-electron chi connectivity index (χ2n) is 3.61. The summed E-state index contributed by atoms with van der Waals surface area (Å²) in [4.78, 5) is 0. The monoisotopic (exact) mass is 260 g/mol. The van der Waals surface area contributed by atoms with Gasteiger partial charge in [-0.2, -0.15) is 0 Å². The molecule has 0 aromatic carbocycles. The maximum atomic E-state index is 11.2. The fourth-order valence-electron chi connectivity index (χ4n) is 1.24. The molecule has 0 amide bonds. The molecule has 0 unspecified atom stereocenters. The average molecular weight is 261 g/mol. The van der Waals surface area contributed by atoms with Gasteiger partial charge in [0.2, 0.25) is 9.05 Å². The van der Waals surface area contributed by atoms with Gasteiger partial charge in [-0.1, -0.05) is 6.92 Å². The first-order valence-electron chi connectivity index (χ1n) is 4.37. The zero-order valence-electron chi connectivity index (χ0n) is 7.86. The average Bonchev–Trinajstić information content (AvgIpc) is 2.80. The molecule has 0 saturated heterocycles. The molecule has 4 nitrogen and oxygen atoms in total. The predicted octanol–water partition coefficient (Wildman–Crippen LogP) is 0.912. The van der Waals surface area contributed by atoms with E-state index < -0.39 is 23.6 Å². The van der Waals surface area contributed by atoms with Crippen LogP contribution in [0.3, 0.4) is 0 Å². The topological polar surface area (TPSA) is 68.3 Å². The maximum absolute atomic E-state index is 11.2. The van der Waals surface area contributed by atoms with Crippen LogP contribution >= 0.6 is 10.7 Å². The summed E-state index contributed by atoms with van der Waals surface area (Å²) in [7, 11) is -1.47. The fourth-order valence-corrected chi connectivity index (χ4v) is 3.99. The van der Waals surface area contributed by atoms with Crippen LogP contribution in [-0.4, -0.2) is 33.1 Å². The van der Waals surface area contributed by atoms with Gasteiger partial charge in [0.1, 0.15) is 9.84 Å². The number of hydrogen-bond donors (Lipinski definition) is 0. The second kappa shape index (κ2) is 3.64. The van der Waals surface area contributed by atoms with Crippen LogP contribution in [0.15, 0.2) is 0 Å². The van der Waals surface area contributed by atoms with E-state index in [1.54, 1.807) is 6.92 Å². The van der Waals surface area contributed by atoms with Gasteiger partial charge in [0.25, 0.3) is 0 Å². The molecule has 1 aliphatic rings. The Bertz CT molecular complexity index is 405. The molecular formula is C7H13ClO4S2. The highest BCUT2D eigenvalue weighted by Crippen LogP contribution is 2.48. The molecule has 0 aliphatic heterocycles. The molecule has 0 radical (unpaired) electrons. The minimum absolute atomic E-state index is 0.0470. The van der Waals surface area contributed by atoms with Crippen molar-refractivity contribution in [3.05, 3.63) is 0 Å². The van der Waals surface area contributed by atoms with E-state index in [0.717, 1.165) is 0 Å². The van der Waals surface area contributed by atoms with E-state index in [4.69, 9.17) is 10.7 Å². The Morgan fingerprint density at radius 2 is 1.71 bits per heavy atom. The smallest absolute Gasteiger partial charge is 0.229 e. The van der Waals surface area contributed by atoms with Crippen molar-refractivity contribution >= 4 is 29.6 Å². The Balaban J connectivity index is 2.64. The van der Waals surface area contributed by atoms with Gasteiger partial charge in [0.05, 0.1) is 10.5 Å². The molecule has 0 N–H and O–H groups in total. The number of halogens is 1. The van der Waals surface area contributed by atoms with E-state index in [1.165, 1.54) is 0 Å². The van der Waals surface area contributed by atoms with E-state index in [1.807, 2.05) is 0 Å². The third-order valence-corrected chi connectivity index (χ3v) is 6.97. The summed E-state index contributed by atoms with van der Waals surface area (Å²) in [6, 6.07) is 0. The van der Waals surface area contributed by atoms with Crippen LogP contribution < -0.4 is 0 Å². The van der Waals surface area contributed by atoms with Gasteiger partial charge < -0.3 is 0 Å². The fraction of sp³-hybridized carbons (Fsp3) is 1.00. The summed E-state index contributed by atoms with van der Waals surface area (Å²) in [6.07, 6.45) is 1.10. The van der Waals surface area contributed by atoms with Crippen molar-refractivity contribution in [3.63, 3.8) is 0 Å². The van der Waals surface area contributed by atoms with E-state index in [-0.39, 0.29) is 17.9 Å². The zero-order valence-corrected chi connectivity index (χ0v) is 10.3. The molecule has 0 aromatic heterocycles. The first-order chi connectivity index (χ1) is 6.22. The van der Waals surface area contributed by atoms with Crippen LogP contribution in [0.5, 0.6) is 0 Å². The third kappa shape index (κ3) is 2.61. The normalized spacial score (nSPS) is 20.7. The molecular weight excluding hydrogens is 248 g/mol. The van der Waals surface area contributed by atoms with E-state index >= 15 is 0 Å². The number of sulfone groups is 1. The molecule has 1 aliphatic carbocycles. The predicted molar refractivity (Wildman–Crippen MR) is 55.7 cm³/mol. The molecule has 84 valence electrons. The van der Waals surface area contributed by atoms with E-state index in [9.17, 15) is 16.8 Å². The Morgan fingerprint density at radius 1 is 1.21 bits per heavy atom. The summed E-state index contributed by atoms with van der Waals surface area (Å²) in [6.45, 7) is 1.55. The lowest BCUT2D eigenvalue weighted by atomic mass is 10.3. The van der Waals surface area contributed by atoms with Gasteiger partial charge in [-0.25, -0.2) is 16.8 Å². The standard InChI is InChI=1S/C7H13ClO4S2/c1-2-13(9,10)6-5-7(3-4-7)14(8,11)12/h2-6H2,1H3. The molecule has 0 spiro atoms. The highest BCUT2D eigenvalue weighted by atomic mass is 35.7. The van der Waals surface area contributed by atoms with Gasteiger partial charge in [-0.05, 0) is 19.3 Å². The van der Waals surface area contributed by atoms with Crippen LogP contribution in [0.1, 0.15) is 26.2 Å².